The van der Waals surface area contributed by atoms with Gasteiger partial charge in [0, 0.05) is 36.6 Å². The third-order valence-corrected chi connectivity index (χ3v) is 4.50. The Balaban J connectivity index is 1.65. The van der Waals surface area contributed by atoms with Crippen molar-refractivity contribution in [2.75, 3.05) is 6.54 Å². The molecule has 130 valence electrons. The van der Waals surface area contributed by atoms with Crippen LogP contribution < -0.4 is 0 Å². The zero-order valence-corrected chi connectivity index (χ0v) is 15.0. The van der Waals surface area contributed by atoms with E-state index in [9.17, 15) is 5.11 Å². The number of para-hydroxylation sites is 1. The standard InChI is InChI=1S/C22H26N2O/c1-17(2)24(15-18-8-4-3-5-9-18)16-21(25)14-20-13-12-19-10-6-7-11-22(19)23-20/h3-13,17,21,25H,14-16H2,1-2H3/t21-/m1/s1. The van der Waals surface area contributed by atoms with Gasteiger partial charge in [0.2, 0.25) is 0 Å². The van der Waals surface area contributed by atoms with Crippen LogP contribution >= 0.6 is 0 Å². The van der Waals surface area contributed by atoms with Crippen molar-refractivity contribution in [3.63, 3.8) is 0 Å². The Morgan fingerprint density at radius 1 is 0.920 bits per heavy atom. The lowest BCUT2D eigenvalue weighted by Gasteiger charge is -2.28. The molecule has 3 rings (SSSR count). The van der Waals surface area contributed by atoms with Crippen molar-refractivity contribution < 1.29 is 5.11 Å². The minimum Gasteiger partial charge on any atom is -0.391 e. The number of aliphatic hydroxyl groups is 1. The zero-order chi connectivity index (χ0) is 17.6. The molecule has 3 aromatic rings. The average Bonchev–Trinajstić information content (AvgIpc) is 2.62. The van der Waals surface area contributed by atoms with E-state index in [2.05, 4.69) is 60.1 Å². The van der Waals surface area contributed by atoms with Crippen molar-refractivity contribution >= 4 is 10.9 Å². The van der Waals surface area contributed by atoms with Crippen LogP contribution in [0.2, 0.25) is 0 Å². The minimum atomic E-state index is -0.431. The summed E-state index contributed by atoms with van der Waals surface area (Å²) in [6.45, 7) is 5.83. The first-order valence-corrected chi connectivity index (χ1v) is 8.92. The Morgan fingerprint density at radius 3 is 2.40 bits per heavy atom. The Morgan fingerprint density at radius 2 is 1.64 bits per heavy atom. The summed E-state index contributed by atoms with van der Waals surface area (Å²) in [4.78, 5) is 6.98. The molecule has 0 amide bonds. The molecular formula is C22H26N2O. The van der Waals surface area contributed by atoms with Crippen molar-refractivity contribution in [1.82, 2.24) is 9.88 Å². The lowest BCUT2D eigenvalue weighted by Crippen LogP contribution is -2.38. The molecule has 1 heterocycles. The second kappa shape index (κ2) is 8.24. The summed E-state index contributed by atoms with van der Waals surface area (Å²) < 4.78 is 0. The van der Waals surface area contributed by atoms with E-state index in [1.54, 1.807) is 0 Å². The highest BCUT2D eigenvalue weighted by molar-refractivity contribution is 5.78. The molecule has 3 heteroatoms. The second-order valence-corrected chi connectivity index (χ2v) is 6.86. The summed E-state index contributed by atoms with van der Waals surface area (Å²) in [7, 11) is 0. The average molecular weight is 334 g/mol. The molecule has 1 atom stereocenters. The number of rotatable bonds is 7. The van der Waals surface area contributed by atoms with Crippen molar-refractivity contribution in [1.29, 1.82) is 0 Å². The first kappa shape index (κ1) is 17.6. The number of hydrogen-bond acceptors (Lipinski definition) is 3. The van der Waals surface area contributed by atoms with Gasteiger partial charge in [0.25, 0.3) is 0 Å². The molecule has 3 nitrogen and oxygen atoms in total. The minimum absolute atomic E-state index is 0.374. The van der Waals surface area contributed by atoms with Crippen LogP contribution in [0, 0.1) is 0 Å². The summed E-state index contributed by atoms with van der Waals surface area (Å²) >= 11 is 0. The molecule has 2 aromatic carbocycles. The van der Waals surface area contributed by atoms with Gasteiger partial charge >= 0.3 is 0 Å². The normalized spacial score (nSPS) is 12.8. The Kier molecular flexibility index (Phi) is 5.79. The monoisotopic (exact) mass is 334 g/mol. The molecule has 25 heavy (non-hydrogen) atoms. The Bertz CT molecular complexity index is 801. The van der Waals surface area contributed by atoms with Gasteiger partial charge in [-0.05, 0) is 31.5 Å². The molecule has 1 aromatic heterocycles. The largest absolute Gasteiger partial charge is 0.391 e. The highest BCUT2D eigenvalue weighted by Gasteiger charge is 2.16. The van der Waals surface area contributed by atoms with Gasteiger partial charge in [0.15, 0.2) is 0 Å². The van der Waals surface area contributed by atoms with E-state index < -0.39 is 6.10 Å². The van der Waals surface area contributed by atoms with Gasteiger partial charge in [0.1, 0.15) is 0 Å². The number of hydrogen-bond donors (Lipinski definition) is 1. The number of pyridine rings is 1. The van der Waals surface area contributed by atoms with Crippen molar-refractivity contribution in [2.24, 2.45) is 0 Å². The van der Waals surface area contributed by atoms with E-state index in [0.717, 1.165) is 23.1 Å². The summed E-state index contributed by atoms with van der Waals surface area (Å²) in [6.07, 6.45) is 0.142. The molecule has 0 aliphatic rings. The third-order valence-electron chi connectivity index (χ3n) is 4.50. The maximum atomic E-state index is 10.6. The molecule has 0 saturated carbocycles. The molecule has 0 bridgehead atoms. The van der Waals surface area contributed by atoms with Crippen LogP contribution in [-0.4, -0.2) is 33.7 Å². The van der Waals surface area contributed by atoms with Crippen LogP contribution in [0.5, 0.6) is 0 Å². The molecule has 0 radical (unpaired) electrons. The van der Waals surface area contributed by atoms with Gasteiger partial charge in [0.05, 0.1) is 11.6 Å². The highest BCUT2D eigenvalue weighted by Crippen LogP contribution is 2.14. The van der Waals surface area contributed by atoms with Crippen molar-refractivity contribution in [2.45, 2.75) is 39.0 Å². The van der Waals surface area contributed by atoms with E-state index >= 15 is 0 Å². The zero-order valence-electron chi connectivity index (χ0n) is 15.0. The van der Waals surface area contributed by atoms with E-state index in [4.69, 9.17) is 0 Å². The molecule has 0 spiro atoms. The third kappa shape index (κ3) is 4.88. The fourth-order valence-corrected chi connectivity index (χ4v) is 3.07. The molecule has 1 N–H and O–H groups in total. The van der Waals surface area contributed by atoms with Crippen LogP contribution in [0.3, 0.4) is 0 Å². The van der Waals surface area contributed by atoms with Crippen LogP contribution in [0.15, 0.2) is 66.7 Å². The van der Waals surface area contributed by atoms with Crippen LogP contribution in [-0.2, 0) is 13.0 Å². The molecular weight excluding hydrogens is 308 g/mol. The van der Waals surface area contributed by atoms with Gasteiger partial charge in [-0.1, -0.05) is 54.6 Å². The topological polar surface area (TPSA) is 36.4 Å². The van der Waals surface area contributed by atoms with Crippen LogP contribution in [0.25, 0.3) is 10.9 Å². The molecule has 0 fully saturated rings. The van der Waals surface area contributed by atoms with Gasteiger partial charge < -0.3 is 5.11 Å². The van der Waals surface area contributed by atoms with Crippen LogP contribution in [0.4, 0.5) is 0 Å². The first-order valence-electron chi connectivity index (χ1n) is 8.92. The maximum absolute atomic E-state index is 10.6. The highest BCUT2D eigenvalue weighted by atomic mass is 16.3. The summed E-state index contributed by atoms with van der Waals surface area (Å²) in [5.41, 5.74) is 3.19. The maximum Gasteiger partial charge on any atom is 0.0722 e. The summed E-state index contributed by atoms with van der Waals surface area (Å²) in [5, 5.41) is 11.7. The van der Waals surface area contributed by atoms with Crippen molar-refractivity contribution in [3.05, 3.63) is 78.0 Å². The summed E-state index contributed by atoms with van der Waals surface area (Å²) in [6, 6.07) is 23.0. The molecule has 0 aliphatic carbocycles. The molecule has 0 saturated heterocycles. The number of fused-ring (bicyclic) bond motifs is 1. The first-order chi connectivity index (χ1) is 12.1. The predicted molar refractivity (Wildman–Crippen MR) is 103 cm³/mol. The fourth-order valence-electron chi connectivity index (χ4n) is 3.07. The molecule has 0 unspecified atom stereocenters. The van der Waals surface area contributed by atoms with E-state index in [1.807, 2.05) is 30.3 Å². The van der Waals surface area contributed by atoms with Gasteiger partial charge in [-0.3, -0.25) is 9.88 Å². The number of aliphatic hydroxyl groups excluding tert-OH is 1. The van der Waals surface area contributed by atoms with E-state index in [0.29, 0.717) is 19.0 Å². The number of nitrogens with zero attached hydrogens (tertiary/aromatic N) is 2. The number of benzene rings is 2. The number of aromatic nitrogens is 1. The van der Waals surface area contributed by atoms with E-state index in [-0.39, 0.29) is 0 Å². The van der Waals surface area contributed by atoms with Crippen molar-refractivity contribution in [3.8, 4) is 0 Å². The quantitative estimate of drug-likeness (QED) is 0.708. The SMILES string of the molecule is CC(C)N(Cc1ccccc1)C[C@H](O)Cc1ccc2ccccc2n1. The van der Waals surface area contributed by atoms with Crippen LogP contribution in [0.1, 0.15) is 25.1 Å². The lowest BCUT2D eigenvalue weighted by atomic mass is 10.1. The second-order valence-electron chi connectivity index (χ2n) is 6.86. The van der Waals surface area contributed by atoms with E-state index in [1.165, 1.54) is 5.56 Å². The fraction of sp³-hybridized carbons (Fsp3) is 0.318. The molecule has 0 aliphatic heterocycles. The van der Waals surface area contributed by atoms with Gasteiger partial charge in [-0.2, -0.15) is 0 Å². The Hall–Kier alpha value is -2.23. The van der Waals surface area contributed by atoms with Gasteiger partial charge in [-0.15, -0.1) is 0 Å². The van der Waals surface area contributed by atoms with Gasteiger partial charge in [-0.25, -0.2) is 0 Å². The smallest absolute Gasteiger partial charge is 0.0722 e. The Labute approximate surface area is 149 Å². The lowest BCUT2D eigenvalue weighted by molar-refractivity contribution is 0.0902. The predicted octanol–water partition coefficient (Wildman–Crippen LogP) is 4.05. The summed E-state index contributed by atoms with van der Waals surface area (Å²) in [5.74, 6) is 0.